The van der Waals surface area contributed by atoms with Gasteiger partial charge in [-0.15, -0.1) is 0 Å². The summed E-state index contributed by atoms with van der Waals surface area (Å²) >= 11 is 0. The van der Waals surface area contributed by atoms with Crippen LogP contribution in [0.5, 0.6) is 0 Å². The molecule has 19 heavy (non-hydrogen) atoms. The van der Waals surface area contributed by atoms with Crippen LogP contribution in [0.4, 0.5) is 0 Å². The lowest BCUT2D eigenvalue weighted by molar-refractivity contribution is -0.140. The van der Waals surface area contributed by atoms with Gasteiger partial charge in [-0.1, -0.05) is 0 Å². The van der Waals surface area contributed by atoms with Crippen molar-refractivity contribution in [2.75, 3.05) is 7.05 Å². The van der Waals surface area contributed by atoms with E-state index in [1.165, 1.54) is 32.2 Å². The van der Waals surface area contributed by atoms with Crippen molar-refractivity contribution < 1.29 is 18.3 Å². The first-order valence-corrected chi connectivity index (χ1v) is 6.87. The largest absolute Gasteiger partial charge is 0.480 e. The summed E-state index contributed by atoms with van der Waals surface area (Å²) in [7, 11) is -2.68. The number of rotatable bonds is 4. The predicted octanol–water partition coefficient (Wildman–Crippen LogP) is 0.960. The van der Waals surface area contributed by atoms with Crippen molar-refractivity contribution in [2.45, 2.75) is 24.8 Å². The molecular weight excluding hydrogens is 268 g/mol. The van der Waals surface area contributed by atoms with E-state index in [1.807, 2.05) is 6.07 Å². The fourth-order valence-electron chi connectivity index (χ4n) is 1.53. The Morgan fingerprint density at radius 3 is 2.47 bits per heavy atom. The number of hydrogen-bond acceptors (Lipinski definition) is 4. The van der Waals surface area contributed by atoms with E-state index in [4.69, 9.17) is 10.4 Å². The number of benzene rings is 1. The average Bonchev–Trinajstić information content (AvgIpc) is 2.36. The molecule has 0 fully saturated rings. The minimum atomic E-state index is -3.90. The number of hydrogen-bond donors (Lipinski definition) is 1. The molecule has 1 atom stereocenters. The SMILES string of the molecule is Cc1cc(C#N)ccc1S(=O)(=O)N(C)C(C)C(=O)O. The predicted molar refractivity (Wildman–Crippen MR) is 67.9 cm³/mol. The van der Waals surface area contributed by atoms with Gasteiger partial charge in [0.25, 0.3) is 0 Å². The number of nitrogens with zero attached hydrogens (tertiary/aromatic N) is 2. The number of aryl methyl sites for hydroxylation is 1. The second-order valence-electron chi connectivity index (χ2n) is 4.13. The molecule has 1 rings (SSSR count). The maximum Gasteiger partial charge on any atom is 0.321 e. The molecule has 0 saturated carbocycles. The minimum Gasteiger partial charge on any atom is -0.480 e. The third kappa shape index (κ3) is 2.92. The van der Waals surface area contributed by atoms with Crippen LogP contribution in [0.1, 0.15) is 18.1 Å². The topological polar surface area (TPSA) is 98.5 Å². The van der Waals surface area contributed by atoms with Crippen LogP contribution in [0, 0.1) is 18.3 Å². The first-order valence-electron chi connectivity index (χ1n) is 5.43. The molecule has 1 aromatic carbocycles. The van der Waals surface area contributed by atoms with Crippen molar-refractivity contribution in [3.05, 3.63) is 29.3 Å². The Morgan fingerprint density at radius 2 is 2.05 bits per heavy atom. The number of nitriles is 1. The lowest BCUT2D eigenvalue weighted by Crippen LogP contribution is -2.40. The quantitative estimate of drug-likeness (QED) is 0.886. The zero-order valence-electron chi connectivity index (χ0n) is 10.8. The second-order valence-corrected chi connectivity index (χ2v) is 6.09. The van der Waals surface area contributed by atoms with Gasteiger partial charge in [0.05, 0.1) is 16.5 Å². The van der Waals surface area contributed by atoms with Gasteiger partial charge in [0, 0.05) is 7.05 Å². The number of sulfonamides is 1. The monoisotopic (exact) mass is 282 g/mol. The number of likely N-dealkylation sites (N-methyl/N-ethyl adjacent to an activating group) is 1. The van der Waals surface area contributed by atoms with Crippen molar-refractivity contribution >= 4 is 16.0 Å². The Bertz CT molecular complexity index is 646. The molecule has 0 spiro atoms. The van der Waals surface area contributed by atoms with Crippen LogP contribution in [0.3, 0.4) is 0 Å². The Labute approximate surface area is 111 Å². The Balaban J connectivity index is 3.29. The van der Waals surface area contributed by atoms with Gasteiger partial charge in [0.15, 0.2) is 0 Å². The third-order valence-corrected chi connectivity index (χ3v) is 4.95. The van der Waals surface area contributed by atoms with E-state index >= 15 is 0 Å². The normalized spacial score (nSPS) is 13.0. The maximum absolute atomic E-state index is 12.3. The third-order valence-electron chi connectivity index (χ3n) is 2.86. The average molecular weight is 282 g/mol. The molecule has 0 aliphatic carbocycles. The van der Waals surface area contributed by atoms with Crippen LogP contribution in [0.2, 0.25) is 0 Å². The molecule has 0 aliphatic heterocycles. The molecule has 7 heteroatoms. The lowest BCUT2D eigenvalue weighted by Gasteiger charge is -2.22. The van der Waals surface area contributed by atoms with E-state index < -0.39 is 22.0 Å². The molecule has 0 aliphatic rings. The highest BCUT2D eigenvalue weighted by molar-refractivity contribution is 7.89. The first kappa shape index (κ1) is 15.1. The Kier molecular flexibility index (Phi) is 4.29. The summed E-state index contributed by atoms with van der Waals surface area (Å²) in [5.74, 6) is -1.22. The molecule has 102 valence electrons. The molecule has 1 unspecified atom stereocenters. The summed E-state index contributed by atoms with van der Waals surface area (Å²) < 4.78 is 25.4. The molecule has 0 aromatic heterocycles. The van der Waals surface area contributed by atoms with Gasteiger partial charge in [-0.25, -0.2) is 8.42 Å². The molecular formula is C12H14N2O4S. The van der Waals surface area contributed by atoms with Gasteiger partial charge in [0.1, 0.15) is 6.04 Å². The van der Waals surface area contributed by atoms with Crippen LogP contribution in [0.25, 0.3) is 0 Å². The minimum absolute atomic E-state index is 0.00194. The van der Waals surface area contributed by atoms with Gasteiger partial charge in [-0.3, -0.25) is 4.79 Å². The van der Waals surface area contributed by atoms with Gasteiger partial charge >= 0.3 is 5.97 Å². The highest BCUT2D eigenvalue weighted by Gasteiger charge is 2.30. The van der Waals surface area contributed by atoms with Crippen molar-refractivity contribution in [3.8, 4) is 6.07 Å². The molecule has 0 amide bonds. The lowest BCUT2D eigenvalue weighted by atomic mass is 10.2. The summed E-state index contributed by atoms with van der Waals surface area (Å²) in [5.41, 5.74) is 0.758. The zero-order valence-corrected chi connectivity index (χ0v) is 11.6. The standard InChI is InChI=1S/C12H14N2O4S/c1-8-6-10(7-13)4-5-11(8)19(17,18)14(3)9(2)12(15)16/h4-6,9H,1-3H3,(H,15,16). The van der Waals surface area contributed by atoms with Crippen molar-refractivity contribution in [1.29, 1.82) is 5.26 Å². The molecule has 6 nitrogen and oxygen atoms in total. The molecule has 0 radical (unpaired) electrons. The molecule has 0 heterocycles. The number of carboxylic acids is 1. The van der Waals surface area contributed by atoms with E-state index in [9.17, 15) is 13.2 Å². The second kappa shape index (κ2) is 5.38. The highest BCUT2D eigenvalue weighted by atomic mass is 32.2. The van der Waals surface area contributed by atoms with E-state index in [0.29, 0.717) is 11.1 Å². The highest BCUT2D eigenvalue weighted by Crippen LogP contribution is 2.21. The summed E-state index contributed by atoms with van der Waals surface area (Å²) in [6.45, 7) is 2.85. The van der Waals surface area contributed by atoms with E-state index in [2.05, 4.69) is 0 Å². The number of aliphatic carboxylic acids is 1. The fraction of sp³-hybridized carbons (Fsp3) is 0.333. The van der Waals surface area contributed by atoms with E-state index in [1.54, 1.807) is 6.92 Å². The van der Waals surface area contributed by atoms with Crippen LogP contribution in [-0.2, 0) is 14.8 Å². The van der Waals surface area contributed by atoms with Crippen LogP contribution < -0.4 is 0 Å². The van der Waals surface area contributed by atoms with Crippen molar-refractivity contribution in [1.82, 2.24) is 4.31 Å². The Hall–Kier alpha value is -1.91. The summed E-state index contributed by atoms with van der Waals surface area (Å²) in [5, 5.41) is 17.6. The van der Waals surface area contributed by atoms with Crippen molar-refractivity contribution in [2.24, 2.45) is 0 Å². The van der Waals surface area contributed by atoms with Crippen molar-refractivity contribution in [3.63, 3.8) is 0 Å². The summed E-state index contributed by atoms with van der Waals surface area (Å²) in [6, 6.07) is 4.90. The summed E-state index contributed by atoms with van der Waals surface area (Å²) in [6.07, 6.45) is 0. The zero-order chi connectivity index (χ0) is 14.8. The molecule has 1 N–H and O–H groups in total. The number of carboxylic acid groups (broad SMARTS) is 1. The van der Waals surface area contributed by atoms with Gasteiger partial charge in [-0.2, -0.15) is 9.57 Å². The van der Waals surface area contributed by atoms with E-state index in [0.717, 1.165) is 4.31 Å². The Morgan fingerprint density at radius 1 is 1.47 bits per heavy atom. The van der Waals surface area contributed by atoms with Crippen LogP contribution >= 0.6 is 0 Å². The van der Waals surface area contributed by atoms with Gasteiger partial charge in [-0.05, 0) is 37.6 Å². The number of carbonyl (C=O) groups is 1. The summed E-state index contributed by atoms with van der Waals surface area (Å²) in [4.78, 5) is 10.9. The molecule has 0 bridgehead atoms. The molecule has 0 saturated heterocycles. The van der Waals surface area contributed by atoms with Gasteiger partial charge in [0.2, 0.25) is 10.0 Å². The van der Waals surface area contributed by atoms with E-state index in [-0.39, 0.29) is 4.90 Å². The maximum atomic E-state index is 12.3. The first-order chi connectivity index (χ1) is 8.71. The molecule has 1 aromatic rings. The fourth-order valence-corrected chi connectivity index (χ4v) is 3.05. The van der Waals surface area contributed by atoms with Crippen LogP contribution in [0.15, 0.2) is 23.1 Å². The van der Waals surface area contributed by atoms with Crippen LogP contribution in [-0.4, -0.2) is 36.9 Å². The smallest absolute Gasteiger partial charge is 0.321 e. The van der Waals surface area contributed by atoms with Gasteiger partial charge < -0.3 is 5.11 Å².